The van der Waals surface area contributed by atoms with Crippen LogP contribution in [0.3, 0.4) is 0 Å². The van der Waals surface area contributed by atoms with E-state index in [2.05, 4.69) is 25.5 Å². The summed E-state index contributed by atoms with van der Waals surface area (Å²) >= 11 is 4.06. The average Bonchev–Trinajstić information content (AvgIpc) is 2.84. The van der Waals surface area contributed by atoms with Crippen LogP contribution in [-0.4, -0.2) is 37.6 Å². The molecule has 0 aromatic carbocycles. The summed E-state index contributed by atoms with van der Waals surface area (Å²) in [5, 5.41) is 11.4. The second-order valence-electron chi connectivity index (χ2n) is 3.38. The SMILES string of the molecule is CCSc1nnc(NC(=O)CSc2nccc(=O)[nH]2)s1. The van der Waals surface area contributed by atoms with Crippen LogP contribution in [-0.2, 0) is 4.79 Å². The van der Waals surface area contributed by atoms with Gasteiger partial charge < -0.3 is 4.98 Å². The number of hydrogen-bond donors (Lipinski definition) is 2. The third kappa shape index (κ3) is 4.62. The highest BCUT2D eigenvalue weighted by Crippen LogP contribution is 2.25. The molecular formula is C10H11N5O2S3. The van der Waals surface area contributed by atoms with E-state index in [9.17, 15) is 9.59 Å². The zero-order valence-electron chi connectivity index (χ0n) is 10.5. The standard InChI is InChI=1S/C10H11N5O2S3/c1-2-18-10-15-14-9(20-10)13-7(17)5-19-8-11-4-3-6(16)12-8/h3-4H,2,5H2,1H3,(H,11,12,16)(H,13,14,17). The van der Waals surface area contributed by atoms with Crippen LogP contribution in [0.4, 0.5) is 5.13 Å². The fraction of sp³-hybridized carbons (Fsp3) is 0.300. The first-order valence-corrected chi connectivity index (χ1v) is 8.40. The summed E-state index contributed by atoms with van der Waals surface area (Å²) in [4.78, 5) is 29.3. The van der Waals surface area contributed by atoms with Crippen LogP contribution in [0, 0.1) is 0 Å². The van der Waals surface area contributed by atoms with E-state index in [1.54, 1.807) is 11.8 Å². The van der Waals surface area contributed by atoms with Crippen molar-refractivity contribution in [1.82, 2.24) is 20.2 Å². The number of anilines is 1. The molecule has 0 unspecified atom stereocenters. The molecule has 0 radical (unpaired) electrons. The lowest BCUT2D eigenvalue weighted by Crippen LogP contribution is -2.15. The molecule has 0 bridgehead atoms. The Labute approximate surface area is 127 Å². The number of aromatic amines is 1. The van der Waals surface area contributed by atoms with Crippen molar-refractivity contribution in [2.75, 3.05) is 16.8 Å². The van der Waals surface area contributed by atoms with Gasteiger partial charge in [0.15, 0.2) is 9.50 Å². The molecule has 10 heteroatoms. The molecule has 2 heterocycles. The Hall–Kier alpha value is -1.39. The minimum Gasteiger partial charge on any atom is -0.301 e. The molecule has 0 aliphatic carbocycles. The van der Waals surface area contributed by atoms with Crippen molar-refractivity contribution in [1.29, 1.82) is 0 Å². The molecule has 7 nitrogen and oxygen atoms in total. The summed E-state index contributed by atoms with van der Waals surface area (Å²) in [6, 6.07) is 1.32. The first kappa shape index (κ1) is 15.0. The summed E-state index contributed by atoms with van der Waals surface area (Å²) in [6.45, 7) is 2.02. The maximum absolute atomic E-state index is 11.7. The van der Waals surface area contributed by atoms with Gasteiger partial charge in [-0.2, -0.15) is 0 Å². The Morgan fingerprint density at radius 1 is 1.45 bits per heavy atom. The largest absolute Gasteiger partial charge is 0.301 e. The number of thioether (sulfide) groups is 2. The van der Waals surface area contributed by atoms with Crippen LogP contribution in [0.15, 0.2) is 26.6 Å². The fourth-order valence-electron chi connectivity index (χ4n) is 1.16. The molecule has 0 spiro atoms. The van der Waals surface area contributed by atoms with Gasteiger partial charge >= 0.3 is 0 Å². The molecule has 0 fully saturated rings. The summed E-state index contributed by atoms with van der Waals surface area (Å²) in [6.07, 6.45) is 1.40. The number of nitrogens with zero attached hydrogens (tertiary/aromatic N) is 3. The molecule has 106 valence electrons. The van der Waals surface area contributed by atoms with Crippen molar-refractivity contribution in [3.8, 4) is 0 Å². The third-order valence-electron chi connectivity index (χ3n) is 1.91. The summed E-state index contributed by atoms with van der Waals surface area (Å²) in [5.41, 5.74) is -0.242. The third-order valence-corrected chi connectivity index (χ3v) is 4.65. The van der Waals surface area contributed by atoms with Gasteiger partial charge in [-0.15, -0.1) is 10.2 Å². The van der Waals surface area contributed by atoms with E-state index < -0.39 is 0 Å². The van der Waals surface area contributed by atoms with Gasteiger partial charge in [-0.1, -0.05) is 41.8 Å². The van der Waals surface area contributed by atoms with E-state index in [1.807, 2.05) is 6.92 Å². The monoisotopic (exact) mass is 329 g/mol. The van der Waals surface area contributed by atoms with Gasteiger partial charge in [0.2, 0.25) is 11.0 Å². The number of aromatic nitrogens is 4. The van der Waals surface area contributed by atoms with Crippen LogP contribution >= 0.6 is 34.9 Å². The quantitative estimate of drug-likeness (QED) is 0.470. The van der Waals surface area contributed by atoms with Crippen molar-refractivity contribution < 1.29 is 4.79 Å². The van der Waals surface area contributed by atoms with Crippen LogP contribution in [0.5, 0.6) is 0 Å². The van der Waals surface area contributed by atoms with Crippen LogP contribution < -0.4 is 10.9 Å². The maximum Gasteiger partial charge on any atom is 0.251 e. The first-order valence-electron chi connectivity index (χ1n) is 5.61. The number of nitrogens with one attached hydrogen (secondary N) is 2. The molecule has 0 saturated heterocycles. The number of carbonyl (C=O) groups excluding carboxylic acids is 1. The molecule has 0 saturated carbocycles. The van der Waals surface area contributed by atoms with E-state index >= 15 is 0 Å². The Morgan fingerprint density at radius 3 is 3.05 bits per heavy atom. The highest BCUT2D eigenvalue weighted by Gasteiger charge is 2.09. The van der Waals surface area contributed by atoms with E-state index in [0.717, 1.165) is 21.9 Å². The minimum absolute atomic E-state index is 0.142. The van der Waals surface area contributed by atoms with Crippen LogP contribution in [0.1, 0.15) is 6.92 Å². The lowest BCUT2D eigenvalue weighted by atomic mass is 10.7. The normalized spacial score (nSPS) is 10.4. The van der Waals surface area contributed by atoms with Gasteiger partial charge in [0.1, 0.15) is 0 Å². The highest BCUT2D eigenvalue weighted by molar-refractivity contribution is 8.01. The second-order valence-corrected chi connectivity index (χ2v) is 6.83. The van der Waals surface area contributed by atoms with Crippen molar-refractivity contribution in [2.24, 2.45) is 0 Å². The maximum atomic E-state index is 11.7. The highest BCUT2D eigenvalue weighted by atomic mass is 32.2. The second kappa shape index (κ2) is 7.41. The Balaban J connectivity index is 1.84. The minimum atomic E-state index is -0.242. The zero-order valence-corrected chi connectivity index (χ0v) is 12.9. The van der Waals surface area contributed by atoms with E-state index in [-0.39, 0.29) is 17.2 Å². The lowest BCUT2D eigenvalue weighted by molar-refractivity contribution is -0.113. The van der Waals surface area contributed by atoms with Gasteiger partial charge in [-0.25, -0.2) is 4.98 Å². The Kier molecular flexibility index (Phi) is 5.56. The van der Waals surface area contributed by atoms with Gasteiger partial charge in [0.05, 0.1) is 5.75 Å². The summed E-state index contributed by atoms with van der Waals surface area (Å²) in [7, 11) is 0. The number of hydrogen-bond acceptors (Lipinski definition) is 8. The zero-order chi connectivity index (χ0) is 14.4. The molecule has 2 aromatic rings. The average molecular weight is 329 g/mol. The summed E-state index contributed by atoms with van der Waals surface area (Å²) in [5.74, 6) is 0.833. The van der Waals surface area contributed by atoms with Gasteiger partial charge in [0, 0.05) is 12.3 Å². The van der Waals surface area contributed by atoms with Crippen LogP contribution in [0.25, 0.3) is 0 Å². The molecule has 20 heavy (non-hydrogen) atoms. The number of carbonyl (C=O) groups is 1. The molecule has 0 aliphatic rings. The van der Waals surface area contributed by atoms with Crippen molar-refractivity contribution in [3.63, 3.8) is 0 Å². The molecule has 2 N–H and O–H groups in total. The van der Waals surface area contributed by atoms with E-state index in [0.29, 0.717) is 10.3 Å². The fourth-order valence-corrected chi connectivity index (χ4v) is 3.47. The predicted molar refractivity (Wildman–Crippen MR) is 80.5 cm³/mol. The summed E-state index contributed by atoms with van der Waals surface area (Å²) < 4.78 is 0.824. The topological polar surface area (TPSA) is 101 Å². The van der Waals surface area contributed by atoms with E-state index in [4.69, 9.17) is 0 Å². The number of amides is 1. The van der Waals surface area contributed by atoms with Gasteiger partial charge in [-0.05, 0) is 5.75 Å². The first-order chi connectivity index (χ1) is 9.67. The predicted octanol–water partition coefficient (Wildman–Crippen LogP) is 1.46. The molecular weight excluding hydrogens is 318 g/mol. The molecule has 1 amide bonds. The molecule has 2 aromatic heterocycles. The van der Waals surface area contributed by atoms with Crippen molar-refractivity contribution in [2.45, 2.75) is 16.4 Å². The van der Waals surface area contributed by atoms with E-state index in [1.165, 1.54) is 23.6 Å². The molecule has 0 aliphatic heterocycles. The Morgan fingerprint density at radius 2 is 2.30 bits per heavy atom. The van der Waals surface area contributed by atoms with Crippen molar-refractivity contribution in [3.05, 3.63) is 22.6 Å². The lowest BCUT2D eigenvalue weighted by Gasteiger charge is -2.00. The van der Waals surface area contributed by atoms with Gasteiger partial charge in [0.25, 0.3) is 5.56 Å². The smallest absolute Gasteiger partial charge is 0.251 e. The molecule has 2 rings (SSSR count). The number of H-pyrrole nitrogens is 1. The van der Waals surface area contributed by atoms with Crippen LogP contribution in [0.2, 0.25) is 0 Å². The Bertz CT molecular complexity index is 642. The number of rotatable bonds is 6. The molecule has 0 atom stereocenters. The van der Waals surface area contributed by atoms with Crippen molar-refractivity contribution >= 4 is 45.9 Å². The van der Waals surface area contributed by atoms with Gasteiger partial charge in [-0.3, -0.25) is 14.9 Å².